The molecular weight excluding hydrogens is 274 g/mol. The second kappa shape index (κ2) is 4.09. The number of nitrogens with zero attached hydrogens (tertiary/aromatic N) is 2. The Balaban J connectivity index is 2.18. The van der Waals surface area contributed by atoms with Crippen LogP contribution in [0.2, 0.25) is 0 Å². The number of carbonyl (C=O) groups is 1. The summed E-state index contributed by atoms with van der Waals surface area (Å²) >= 11 is 0. The fraction of sp³-hybridized carbons (Fsp3) is 0.333. The van der Waals surface area contributed by atoms with E-state index >= 15 is 0 Å². The quantitative estimate of drug-likeness (QED) is 0.690. The van der Waals surface area contributed by atoms with Crippen LogP contribution in [0.1, 0.15) is 36.3 Å². The van der Waals surface area contributed by atoms with E-state index in [2.05, 4.69) is 10.6 Å². The number of anilines is 1. The number of carbonyl (C=O) groups excluding carboxylic acids is 1. The lowest BCUT2D eigenvalue weighted by Gasteiger charge is -2.29. The second-order valence-electron chi connectivity index (χ2n) is 6.83. The van der Waals surface area contributed by atoms with Crippen molar-refractivity contribution in [3.63, 3.8) is 0 Å². The Bertz CT molecular complexity index is 950. The first kappa shape index (κ1) is 13.3. The summed E-state index contributed by atoms with van der Waals surface area (Å²) in [6.45, 7) is 3.98. The van der Waals surface area contributed by atoms with Crippen LogP contribution in [0.4, 0.5) is 5.69 Å². The molecule has 112 valence electrons. The fourth-order valence-corrected chi connectivity index (χ4v) is 3.56. The highest BCUT2D eigenvalue weighted by Crippen LogP contribution is 2.41. The van der Waals surface area contributed by atoms with Crippen LogP contribution in [0.25, 0.3) is 21.9 Å². The number of Topliss-reactive ketones (excluding diaryl/α,β-unsaturated/α-hetero) is 1. The fourth-order valence-electron chi connectivity index (χ4n) is 3.56. The number of aromatic nitrogens is 2. The monoisotopic (exact) mass is 293 g/mol. The van der Waals surface area contributed by atoms with Gasteiger partial charge in [-0.3, -0.25) is 4.79 Å². The molecule has 3 aromatic rings. The van der Waals surface area contributed by atoms with Crippen molar-refractivity contribution < 1.29 is 4.79 Å². The van der Waals surface area contributed by atoms with Crippen molar-refractivity contribution in [1.29, 1.82) is 0 Å². The Hall–Kier alpha value is -2.36. The molecule has 4 rings (SSSR count). The van der Waals surface area contributed by atoms with Crippen LogP contribution in [-0.2, 0) is 13.5 Å². The summed E-state index contributed by atoms with van der Waals surface area (Å²) in [5, 5.41) is 1.96. The standard InChI is InChI=1S/C18H19N3O/c1-18(2)9-8-11-14(16(18)22)15(19)13-10-6-4-5-7-12(10)21(3)17(13)20-11/h4-7H,8-9H2,1-3H3,(H2,19,20). The highest BCUT2D eigenvalue weighted by molar-refractivity contribution is 6.18. The maximum absolute atomic E-state index is 12.8. The van der Waals surface area contributed by atoms with Crippen LogP contribution < -0.4 is 5.73 Å². The third-order valence-corrected chi connectivity index (χ3v) is 4.97. The summed E-state index contributed by atoms with van der Waals surface area (Å²) in [7, 11) is 2.00. The minimum absolute atomic E-state index is 0.119. The first-order valence-electron chi connectivity index (χ1n) is 7.62. The molecule has 1 aliphatic rings. The highest BCUT2D eigenvalue weighted by atomic mass is 16.1. The molecule has 0 atom stereocenters. The molecule has 2 aromatic heterocycles. The van der Waals surface area contributed by atoms with Gasteiger partial charge in [0.1, 0.15) is 5.65 Å². The average Bonchev–Trinajstić information content (AvgIpc) is 2.77. The topological polar surface area (TPSA) is 60.9 Å². The number of ketones is 1. The van der Waals surface area contributed by atoms with E-state index in [1.165, 1.54) is 0 Å². The van der Waals surface area contributed by atoms with Gasteiger partial charge in [0.15, 0.2) is 5.78 Å². The van der Waals surface area contributed by atoms with Gasteiger partial charge in [-0.2, -0.15) is 0 Å². The summed E-state index contributed by atoms with van der Waals surface area (Å²) in [5.74, 6) is 0.119. The second-order valence-corrected chi connectivity index (χ2v) is 6.83. The van der Waals surface area contributed by atoms with Gasteiger partial charge in [-0.05, 0) is 18.9 Å². The van der Waals surface area contributed by atoms with Crippen molar-refractivity contribution in [2.24, 2.45) is 12.5 Å². The van der Waals surface area contributed by atoms with Crippen LogP contribution in [-0.4, -0.2) is 15.3 Å². The molecule has 0 bridgehead atoms. The van der Waals surface area contributed by atoms with Gasteiger partial charge in [0.05, 0.1) is 27.8 Å². The summed E-state index contributed by atoms with van der Waals surface area (Å²) in [6.07, 6.45) is 1.62. The summed E-state index contributed by atoms with van der Waals surface area (Å²) in [4.78, 5) is 17.6. The largest absolute Gasteiger partial charge is 0.397 e. The zero-order valence-corrected chi connectivity index (χ0v) is 13.1. The Kier molecular flexibility index (Phi) is 2.48. The molecule has 22 heavy (non-hydrogen) atoms. The van der Waals surface area contributed by atoms with Gasteiger partial charge in [-0.25, -0.2) is 4.98 Å². The molecule has 4 nitrogen and oxygen atoms in total. The van der Waals surface area contributed by atoms with Crippen LogP contribution >= 0.6 is 0 Å². The predicted octanol–water partition coefficient (Wildman–Crippen LogP) is 3.46. The van der Waals surface area contributed by atoms with E-state index < -0.39 is 0 Å². The molecule has 0 saturated carbocycles. The molecule has 1 aromatic carbocycles. The van der Waals surface area contributed by atoms with Gasteiger partial charge in [0, 0.05) is 17.8 Å². The summed E-state index contributed by atoms with van der Waals surface area (Å²) < 4.78 is 2.06. The Morgan fingerprint density at radius 3 is 2.77 bits per heavy atom. The first-order chi connectivity index (χ1) is 10.4. The van der Waals surface area contributed by atoms with Crippen molar-refractivity contribution in [2.45, 2.75) is 26.7 Å². The molecule has 0 fully saturated rings. The van der Waals surface area contributed by atoms with Crippen molar-refractivity contribution in [3.05, 3.63) is 35.5 Å². The zero-order chi connectivity index (χ0) is 15.6. The molecule has 0 amide bonds. The lowest BCUT2D eigenvalue weighted by atomic mass is 9.74. The predicted molar refractivity (Wildman–Crippen MR) is 89.1 cm³/mol. The van der Waals surface area contributed by atoms with E-state index in [-0.39, 0.29) is 11.2 Å². The third kappa shape index (κ3) is 1.52. The van der Waals surface area contributed by atoms with Crippen molar-refractivity contribution in [1.82, 2.24) is 9.55 Å². The van der Waals surface area contributed by atoms with Gasteiger partial charge >= 0.3 is 0 Å². The number of para-hydroxylation sites is 1. The third-order valence-electron chi connectivity index (χ3n) is 4.97. The Labute approximate surface area is 128 Å². The molecule has 2 N–H and O–H groups in total. The number of rotatable bonds is 0. The maximum Gasteiger partial charge on any atom is 0.172 e. The summed E-state index contributed by atoms with van der Waals surface area (Å²) in [5.41, 5.74) is 10.1. The lowest BCUT2D eigenvalue weighted by Crippen LogP contribution is -2.32. The van der Waals surface area contributed by atoms with E-state index in [0.29, 0.717) is 11.3 Å². The first-order valence-corrected chi connectivity index (χ1v) is 7.62. The summed E-state index contributed by atoms with van der Waals surface area (Å²) in [6, 6.07) is 8.10. The minimum Gasteiger partial charge on any atom is -0.397 e. The van der Waals surface area contributed by atoms with Gasteiger partial charge in [0.2, 0.25) is 0 Å². The average molecular weight is 293 g/mol. The molecule has 0 spiro atoms. The van der Waals surface area contributed by atoms with Crippen molar-refractivity contribution in [3.8, 4) is 0 Å². The number of benzene rings is 1. The molecule has 4 heteroatoms. The molecule has 0 unspecified atom stereocenters. The van der Waals surface area contributed by atoms with Crippen LogP contribution in [0, 0.1) is 5.41 Å². The van der Waals surface area contributed by atoms with Gasteiger partial charge in [-0.1, -0.05) is 32.0 Å². The van der Waals surface area contributed by atoms with E-state index in [1.54, 1.807) is 0 Å². The van der Waals surface area contributed by atoms with Crippen LogP contribution in [0.3, 0.4) is 0 Å². The van der Waals surface area contributed by atoms with E-state index in [9.17, 15) is 4.79 Å². The Morgan fingerprint density at radius 2 is 2.00 bits per heavy atom. The Morgan fingerprint density at radius 1 is 1.27 bits per heavy atom. The van der Waals surface area contributed by atoms with E-state index in [4.69, 9.17) is 10.7 Å². The van der Waals surface area contributed by atoms with E-state index in [0.717, 1.165) is 40.5 Å². The highest BCUT2D eigenvalue weighted by Gasteiger charge is 2.37. The normalized spacial score (nSPS) is 17.1. The van der Waals surface area contributed by atoms with Gasteiger partial charge in [-0.15, -0.1) is 0 Å². The number of fused-ring (bicyclic) bond motifs is 4. The number of pyridine rings is 1. The van der Waals surface area contributed by atoms with Gasteiger partial charge in [0.25, 0.3) is 0 Å². The molecule has 0 aliphatic heterocycles. The molecular formula is C18H19N3O. The van der Waals surface area contributed by atoms with Crippen LogP contribution in [0.15, 0.2) is 24.3 Å². The lowest BCUT2D eigenvalue weighted by molar-refractivity contribution is 0.0811. The van der Waals surface area contributed by atoms with E-state index in [1.807, 2.05) is 39.1 Å². The van der Waals surface area contributed by atoms with Crippen molar-refractivity contribution in [2.75, 3.05) is 5.73 Å². The molecule has 0 saturated heterocycles. The van der Waals surface area contributed by atoms with Gasteiger partial charge < -0.3 is 10.3 Å². The minimum atomic E-state index is -0.360. The SMILES string of the molecule is Cn1c2ccccc2c2c(N)c3c(nc21)CCC(C)(C)C3=O. The molecule has 0 radical (unpaired) electrons. The molecule has 1 aliphatic carbocycles. The number of aryl methyl sites for hydroxylation is 2. The number of hydrogen-bond donors (Lipinski definition) is 1. The molecule has 2 heterocycles. The number of hydrogen-bond acceptors (Lipinski definition) is 3. The van der Waals surface area contributed by atoms with Crippen LogP contribution in [0.5, 0.6) is 0 Å². The van der Waals surface area contributed by atoms with Crippen molar-refractivity contribution >= 4 is 33.4 Å². The number of nitrogens with two attached hydrogens (primary N) is 1. The smallest absolute Gasteiger partial charge is 0.172 e. The number of nitrogen functional groups attached to an aromatic ring is 1. The maximum atomic E-state index is 12.8. The zero-order valence-electron chi connectivity index (χ0n) is 13.1.